The lowest BCUT2D eigenvalue weighted by Crippen LogP contribution is -2.46. The van der Waals surface area contributed by atoms with Crippen molar-refractivity contribution in [2.45, 2.75) is 71.9 Å². The summed E-state index contributed by atoms with van der Waals surface area (Å²) >= 11 is 0. The maximum absolute atomic E-state index is 5.84. The van der Waals surface area contributed by atoms with E-state index >= 15 is 0 Å². The van der Waals surface area contributed by atoms with Crippen molar-refractivity contribution < 1.29 is 0 Å². The van der Waals surface area contributed by atoms with Crippen LogP contribution in [0, 0.1) is 11.8 Å². The fraction of sp³-hybridized carbons (Fsp3) is 1.00. The van der Waals surface area contributed by atoms with Crippen molar-refractivity contribution in [3.63, 3.8) is 0 Å². The fourth-order valence-electron chi connectivity index (χ4n) is 2.89. The molecule has 2 unspecified atom stereocenters. The molecule has 0 aromatic rings. The van der Waals surface area contributed by atoms with Crippen LogP contribution in [0.5, 0.6) is 0 Å². The Morgan fingerprint density at radius 2 is 1.71 bits per heavy atom. The molecule has 1 fully saturated rings. The zero-order valence-electron chi connectivity index (χ0n) is 12.3. The van der Waals surface area contributed by atoms with E-state index in [0.29, 0.717) is 12.0 Å². The second-order valence-corrected chi connectivity index (χ2v) is 6.31. The smallest absolute Gasteiger partial charge is 0.0107 e. The Morgan fingerprint density at radius 3 is 2.18 bits per heavy atom. The monoisotopic (exact) mass is 240 g/mol. The van der Waals surface area contributed by atoms with E-state index in [1.807, 2.05) is 0 Å². The van der Waals surface area contributed by atoms with Crippen molar-refractivity contribution in [1.29, 1.82) is 0 Å². The summed E-state index contributed by atoms with van der Waals surface area (Å²) in [5.74, 6) is 1.42. The molecule has 0 bridgehead atoms. The van der Waals surface area contributed by atoms with Gasteiger partial charge in [-0.25, -0.2) is 0 Å². The second kappa shape index (κ2) is 7.38. The maximum atomic E-state index is 5.84. The van der Waals surface area contributed by atoms with E-state index < -0.39 is 0 Å². The third-order valence-corrected chi connectivity index (χ3v) is 4.48. The lowest BCUT2D eigenvalue weighted by Gasteiger charge is -2.38. The van der Waals surface area contributed by atoms with Gasteiger partial charge in [0.1, 0.15) is 0 Å². The van der Waals surface area contributed by atoms with Gasteiger partial charge in [-0.2, -0.15) is 0 Å². The van der Waals surface area contributed by atoms with Crippen LogP contribution in [0.1, 0.15) is 59.8 Å². The number of rotatable bonds is 7. The molecule has 2 atom stereocenters. The van der Waals surface area contributed by atoms with Crippen LogP contribution in [0.2, 0.25) is 0 Å². The fourth-order valence-corrected chi connectivity index (χ4v) is 2.89. The van der Waals surface area contributed by atoms with Crippen molar-refractivity contribution in [2.75, 3.05) is 13.1 Å². The standard InChI is InChI=1S/C15H32N2/c1-12(2)9-10-17(14(4)13(3)11-16)15-7-5-6-8-15/h12-15H,5-11,16H2,1-4H3. The summed E-state index contributed by atoms with van der Waals surface area (Å²) in [5, 5.41) is 0. The van der Waals surface area contributed by atoms with E-state index in [1.165, 1.54) is 38.6 Å². The first-order valence-corrected chi connectivity index (χ1v) is 7.52. The number of nitrogens with zero attached hydrogens (tertiary/aromatic N) is 1. The van der Waals surface area contributed by atoms with E-state index in [4.69, 9.17) is 5.73 Å². The predicted molar refractivity (Wildman–Crippen MR) is 76.1 cm³/mol. The Labute approximate surface area is 108 Å². The van der Waals surface area contributed by atoms with E-state index in [9.17, 15) is 0 Å². The number of hydrogen-bond donors (Lipinski definition) is 1. The topological polar surface area (TPSA) is 29.3 Å². The van der Waals surface area contributed by atoms with Gasteiger partial charge >= 0.3 is 0 Å². The average molecular weight is 240 g/mol. The molecule has 0 spiro atoms. The highest BCUT2D eigenvalue weighted by Crippen LogP contribution is 2.27. The molecular weight excluding hydrogens is 208 g/mol. The van der Waals surface area contributed by atoms with Crippen LogP contribution >= 0.6 is 0 Å². The summed E-state index contributed by atoms with van der Waals surface area (Å²) in [7, 11) is 0. The summed E-state index contributed by atoms with van der Waals surface area (Å²) < 4.78 is 0. The van der Waals surface area contributed by atoms with Gasteiger partial charge in [-0.3, -0.25) is 4.90 Å². The minimum absolute atomic E-state index is 0.614. The van der Waals surface area contributed by atoms with Crippen LogP contribution in [0.15, 0.2) is 0 Å². The van der Waals surface area contributed by atoms with Crippen LogP contribution in [0.25, 0.3) is 0 Å². The largest absolute Gasteiger partial charge is 0.330 e. The van der Waals surface area contributed by atoms with Crippen molar-refractivity contribution in [3.05, 3.63) is 0 Å². The third kappa shape index (κ3) is 4.59. The first-order chi connectivity index (χ1) is 8.06. The van der Waals surface area contributed by atoms with E-state index in [0.717, 1.165) is 18.5 Å². The molecule has 0 amide bonds. The molecule has 17 heavy (non-hydrogen) atoms. The van der Waals surface area contributed by atoms with Gasteiger partial charge in [0.05, 0.1) is 0 Å². The van der Waals surface area contributed by atoms with Crippen LogP contribution in [0.3, 0.4) is 0 Å². The van der Waals surface area contributed by atoms with Crippen molar-refractivity contribution >= 4 is 0 Å². The molecule has 2 heteroatoms. The zero-order valence-corrected chi connectivity index (χ0v) is 12.3. The average Bonchev–Trinajstić information content (AvgIpc) is 2.81. The predicted octanol–water partition coefficient (Wildman–Crippen LogP) is 3.26. The minimum Gasteiger partial charge on any atom is -0.330 e. The van der Waals surface area contributed by atoms with Crippen LogP contribution < -0.4 is 5.73 Å². The molecule has 0 heterocycles. The molecule has 1 aliphatic carbocycles. The van der Waals surface area contributed by atoms with Gasteiger partial charge in [0.15, 0.2) is 0 Å². The molecule has 0 aromatic heterocycles. The van der Waals surface area contributed by atoms with Gasteiger partial charge in [0, 0.05) is 12.1 Å². The molecule has 1 saturated carbocycles. The first kappa shape index (κ1) is 15.0. The zero-order chi connectivity index (χ0) is 12.8. The Hall–Kier alpha value is -0.0800. The Morgan fingerprint density at radius 1 is 1.12 bits per heavy atom. The molecule has 0 saturated heterocycles. The van der Waals surface area contributed by atoms with Crippen molar-refractivity contribution in [3.8, 4) is 0 Å². The van der Waals surface area contributed by atoms with E-state index in [2.05, 4.69) is 32.6 Å². The molecule has 102 valence electrons. The molecule has 0 aliphatic heterocycles. The molecule has 1 rings (SSSR count). The Kier molecular flexibility index (Phi) is 6.50. The molecular formula is C15H32N2. The SMILES string of the molecule is CC(C)CCN(C1CCCC1)C(C)C(C)CN. The van der Waals surface area contributed by atoms with Crippen LogP contribution in [-0.2, 0) is 0 Å². The molecule has 2 N–H and O–H groups in total. The highest BCUT2D eigenvalue weighted by atomic mass is 15.2. The lowest BCUT2D eigenvalue weighted by atomic mass is 9.98. The highest BCUT2D eigenvalue weighted by Gasteiger charge is 2.28. The van der Waals surface area contributed by atoms with Gasteiger partial charge in [0.25, 0.3) is 0 Å². The van der Waals surface area contributed by atoms with Crippen molar-refractivity contribution in [2.24, 2.45) is 17.6 Å². The Bertz CT molecular complexity index is 197. The summed E-state index contributed by atoms with van der Waals surface area (Å²) in [6.07, 6.45) is 6.97. The summed E-state index contributed by atoms with van der Waals surface area (Å²) in [6, 6.07) is 1.47. The van der Waals surface area contributed by atoms with E-state index in [1.54, 1.807) is 0 Å². The van der Waals surface area contributed by atoms with Crippen LogP contribution in [0.4, 0.5) is 0 Å². The first-order valence-electron chi connectivity index (χ1n) is 7.52. The lowest BCUT2D eigenvalue weighted by molar-refractivity contribution is 0.105. The quantitative estimate of drug-likeness (QED) is 0.740. The maximum Gasteiger partial charge on any atom is 0.0107 e. The van der Waals surface area contributed by atoms with Crippen molar-refractivity contribution in [1.82, 2.24) is 4.90 Å². The van der Waals surface area contributed by atoms with Gasteiger partial charge in [-0.15, -0.1) is 0 Å². The van der Waals surface area contributed by atoms with Crippen LogP contribution in [-0.4, -0.2) is 30.1 Å². The molecule has 2 nitrogen and oxygen atoms in total. The molecule has 1 aliphatic rings. The normalized spacial score (nSPS) is 21.4. The summed E-state index contributed by atoms with van der Waals surface area (Å²) in [4.78, 5) is 2.75. The van der Waals surface area contributed by atoms with Gasteiger partial charge in [-0.05, 0) is 51.1 Å². The number of hydrogen-bond acceptors (Lipinski definition) is 2. The second-order valence-electron chi connectivity index (χ2n) is 6.31. The summed E-state index contributed by atoms with van der Waals surface area (Å²) in [6.45, 7) is 11.4. The third-order valence-electron chi connectivity index (χ3n) is 4.48. The molecule has 0 aromatic carbocycles. The van der Waals surface area contributed by atoms with Gasteiger partial charge in [-0.1, -0.05) is 33.6 Å². The van der Waals surface area contributed by atoms with E-state index in [-0.39, 0.29) is 0 Å². The molecule has 0 radical (unpaired) electrons. The van der Waals surface area contributed by atoms with Gasteiger partial charge < -0.3 is 5.73 Å². The van der Waals surface area contributed by atoms with Gasteiger partial charge in [0.2, 0.25) is 0 Å². The minimum atomic E-state index is 0.614. The number of nitrogens with two attached hydrogens (primary N) is 1. The highest BCUT2D eigenvalue weighted by molar-refractivity contribution is 4.83. The summed E-state index contributed by atoms with van der Waals surface area (Å²) in [5.41, 5.74) is 5.84. The Balaban J connectivity index is 2.56.